The Hall–Kier alpha value is -0.0800. The van der Waals surface area contributed by atoms with E-state index in [9.17, 15) is 0 Å². The minimum absolute atomic E-state index is 0.744. The third-order valence-electron chi connectivity index (χ3n) is 5.58. The van der Waals surface area contributed by atoms with Gasteiger partial charge in [0.25, 0.3) is 0 Å². The van der Waals surface area contributed by atoms with Crippen molar-refractivity contribution in [2.24, 2.45) is 5.92 Å². The van der Waals surface area contributed by atoms with Gasteiger partial charge in [-0.2, -0.15) is 0 Å². The number of rotatable bonds is 6. The van der Waals surface area contributed by atoms with E-state index in [1.165, 1.54) is 64.3 Å². The number of nitrogens with one attached hydrogen (secondary N) is 1. The Morgan fingerprint density at radius 3 is 2.42 bits per heavy atom. The molecular formula is C17H34N2. The van der Waals surface area contributed by atoms with E-state index in [1.807, 2.05) is 0 Å². The molecule has 3 unspecified atom stereocenters. The predicted molar refractivity (Wildman–Crippen MR) is 83.5 cm³/mol. The molecule has 0 bridgehead atoms. The van der Waals surface area contributed by atoms with Gasteiger partial charge in [0.15, 0.2) is 0 Å². The van der Waals surface area contributed by atoms with Crippen molar-refractivity contribution < 1.29 is 0 Å². The monoisotopic (exact) mass is 266 g/mol. The van der Waals surface area contributed by atoms with Crippen LogP contribution in [0.5, 0.6) is 0 Å². The lowest BCUT2D eigenvalue weighted by molar-refractivity contribution is 0.0842. The summed E-state index contributed by atoms with van der Waals surface area (Å²) in [5.41, 5.74) is 0. The smallest absolute Gasteiger partial charge is 0.0251 e. The van der Waals surface area contributed by atoms with Crippen LogP contribution in [0.1, 0.15) is 71.6 Å². The Bertz CT molecular complexity index is 248. The van der Waals surface area contributed by atoms with Gasteiger partial charge >= 0.3 is 0 Å². The van der Waals surface area contributed by atoms with Gasteiger partial charge in [0.05, 0.1) is 0 Å². The van der Waals surface area contributed by atoms with Crippen molar-refractivity contribution in [2.45, 2.75) is 89.8 Å². The van der Waals surface area contributed by atoms with E-state index >= 15 is 0 Å². The first-order valence-corrected chi connectivity index (χ1v) is 8.71. The van der Waals surface area contributed by atoms with Gasteiger partial charge in [-0.1, -0.05) is 33.1 Å². The third kappa shape index (κ3) is 3.95. The first-order valence-electron chi connectivity index (χ1n) is 8.71. The maximum atomic E-state index is 3.83. The van der Waals surface area contributed by atoms with Crippen LogP contribution >= 0.6 is 0 Å². The highest BCUT2D eigenvalue weighted by Crippen LogP contribution is 2.33. The van der Waals surface area contributed by atoms with E-state index in [0.29, 0.717) is 0 Å². The van der Waals surface area contributed by atoms with Crippen LogP contribution in [0.4, 0.5) is 0 Å². The average Bonchev–Trinajstić information content (AvgIpc) is 2.98. The molecule has 2 rings (SSSR count). The Labute approximate surface area is 120 Å². The lowest BCUT2D eigenvalue weighted by Gasteiger charge is -2.44. The zero-order valence-electron chi connectivity index (χ0n) is 13.3. The lowest BCUT2D eigenvalue weighted by Crippen LogP contribution is -2.54. The molecule has 0 amide bonds. The van der Waals surface area contributed by atoms with E-state index in [-0.39, 0.29) is 0 Å². The molecule has 19 heavy (non-hydrogen) atoms. The van der Waals surface area contributed by atoms with Crippen LogP contribution in [0.2, 0.25) is 0 Å². The SMILES string of the molecule is CCCNC1CCC(CC)CC1N(C)C1CCCC1. The first-order chi connectivity index (χ1) is 9.26. The van der Waals surface area contributed by atoms with Crippen LogP contribution in [0.25, 0.3) is 0 Å². The molecule has 0 aromatic heterocycles. The molecule has 0 heterocycles. The molecule has 112 valence electrons. The van der Waals surface area contributed by atoms with E-state index in [2.05, 4.69) is 31.1 Å². The Morgan fingerprint density at radius 2 is 1.79 bits per heavy atom. The Kier molecular flexibility index (Phi) is 6.15. The molecule has 2 saturated carbocycles. The summed E-state index contributed by atoms with van der Waals surface area (Å²) in [6.07, 6.45) is 12.6. The van der Waals surface area contributed by atoms with Crippen LogP contribution in [0, 0.1) is 5.92 Å². The zero-order valence-corrected chi connectivity index (χ0v) is 13.3. The Morgan fingerprint density at radius 1 is 1.05 bits per heavy atom. The van der Waals surface area contributed by atoms with Gasteiger partial charge in [0.1, 0.15) is 0 Å². The first kappa shape index (κ1) is 15.3. The zero-order chi connectivity index (χ0) is 13.7. The molecule has 2 aliphatic carbocycles. The standard InChI is InChI=1S/C17H34N2/c1-4-12-18-16-11-10-14(5-2)13-17(16)19(3)15-8-6-7-9-15/h14-18H,4-13H2,1-3H3. The van der Waals surface area contributed by atoms with Gasteiger partial charge in [0.2, 0.25) is 0 Å². The van der Waals surface area contributed by atoms with Crippen LogP contribution in [0.15, 0.2) is 0 Å². The van der Waals surface area contributed by atoms with E-state index < -0.39 is 0 Å². The predicted octanol–water partition coefficient (Wildman–Crippen LogP) is 3.81. The van der Waals surface area contributed by atoms with Crippen molar-refractivity contribution in [2.75, 3.05) is 13.6 Å². The summed E-state index contributed by atoms with van der Waals surface area (Å²) in [6, 6.07) is 2.40. The second-order valence-corrected chi connectivity index (χ2v) is 6.82. The molecular weight excluding hydrogens is 232 g/mol. The fraction of sp³-hybridized carbons (Fsp3) is 1.00. The van der Waals surface area contributed by atoms with Crippen molar-refractivity contribution >= 4 is 0 Å². The van der Waals surface area contributed by atoms with Crippen LogP contribution in [-0.2, 0) is 0 Å². The number of hydrogen-bond acceptors (Lipinski definition) is 2. The molecule has 2 aliphatic rings. The molecule has 0 spiro atoms. The van der Waals surface area contributed by atoms with Crippen molar-refractivity contribution in [3.8, 4) is 0 Å². The number of likely N-dealkylation sites (N-methyl/N-ethyl adjacent to an activating group) is 1. The van der Waals surface area contributed by atoms with E-state index in [0.717, 1.165) is 24.0 Å². The van der Waals surface area contributed by atoms with Gasteiger partial charge in [-0.25, -0.2) is 0 Å². The summed E-state index contributed by atoms with van der Waals surface area (Å²) in [7, 11) is 2.40. The van der Waals surface area contributed by atoms with Crippen molar-refractivity contribution in [3.63, 3.8) is 0 Å². The van der Waals surface area contributed by atoms with Gasteiger partial charge < -0.3 is 5.32 Å². The highest BCUT2D eigenvalue weighted by Gasteiger charge is 2.35. The van der Waals surface area contributed by atoms with Gasteiger partial charge in [0, 0.05) is 18.1 Å². The van der Waals surface area contributed by atoms with E-state index in [1.54, 1.807) is 0 Å². The summed E-state index contributed by atoms with van der Waals surface area (Å²) in [5, 5.41) is 3.83. The van der Waals surface area contributed by atoms with Crippen molar-refractivity contribution in [1.82, 2.24) is 10.2 Å². The topological polar surface area (TPSA) is 15.3 Å². The lowest BCUT2D eigenvalue weighted by atomic mass is 9.80. The second-order valence-electron chi connectivity index (χ2n) is 6.82. The molecule has 0 aromatic rings. The summed E-state index contributed by atoms with van der Waals surface area (Å²) < 4.78 is 0. The summed E-state index contributed by atoms with van der Waals surface area (Å²) in [5.74, 6) is 0.966. The summed E-state index contributed by atoms with van der Waals surface area (Å²) in [6.45, 7) is 5.84. The molecule has 2 heteroatoms. The largest absolute Gasteiger partial charge is 0.312 e. The molecule has 0 aliphatic heterocycles. The summed E-state index contributed by atoms with van der Waals surface area (Å²) in [4.78, 5) is 2.75. The fourth-order valence-corrected chi connectivity index (χ4v) is 4.20. The molecule has 2 fully saturated rings. The average molecular weight is 266 g/mol. The summed E-state index contributed by atoms with van der Waals surface area (Å²) >= 11 is 0. The van der Waals surface area contributed by atoms with Crippen molar-refractivity contribution in [1.29, 1.82) is 0 Å². The van der Waals surface area contributed by atoms with Crippen LogP contribution in [-0.4, -0.2) is 36.6 Å². The molecule has 0 saturated heterocycles. The molecule has 0 aromatic carbocycles. The molecule has 2 nitrogen and oxygen atoms in total. The van der Waals surface area contributed by atoms with Crippen LogP contribution < -0.4 is 5.32 Å². The van der Waals surface area contributed by atoms with Gasteiger partial charge in [-0.3, -0.25) is 4.90 Å². The van der Waals surface area contributed by atoms with Crippen LogP contribution in [0.3, 0.4) is 0 Å². The third-order valence-corrected chi connectivity index (χ3v) is 5.58. The second kappa shape index (κ2) is 7.64. The van der Waals surface area contributed by atoms with Crippen molar-refractivity contribution in [3.05, 3.63) is 0 Å². The molecule has 3 atom stereocenters. The minimum atomic E-state index is 0.744. The van der Waals surface area contributed by atoms with Gasteiger partial charge in [-0.05, 0) is 58.0 Å². The minimum Gasteiger partial charge on any atom is -0.312 e. The number of nitrogens with zero attached hydrogens (tertiary/aromatic N) is 1. The highest BCUT2D eigenvalue weighted by molar-refractivity contribution is 4.93. The number of hydrogen-bond donors (Lipinski definition) is 1. The quantitative estimate of drug-likeness (QED) is 0.786. The fourth-order valence-electron chi connectivity index (χ4n) is 4.20. The highest BCUT2D eigenvalue weighted by atomic mass is 15.2. The maximum Gasteiger partial charge on any atom is 0.0251 e. The van der Waals surface area contributed by atoms with E-state index in [4.69, 9.17) is 0 Å². The maximum absolute atomic E-state index is 3.83. The van der Waals surface area contributed by atoms with Gasteiger partial charge in [-0.15, -0.1) is 0 Å². The molecule has 1 N–H and O–H groups in total. The molecule has 0 radical (unpaired) electrons. The Balaban J connectivity index is 1.96. The normalized spacial score (nSPS) is 33.2.